The number of hydrogen-bond acceptors (Lipinski definition) is 5. The van der Waals surface area contributed by atoms with Crippen LogP contribution in [0, 0.1) is 0 Å². The Morgan fingerprint density at radius 2 is 1.89 bits per heavy atom. The van der Waals surface area contributed by atoms with Gasteiger partial charge in [-0.05, 0) is 43.6 Å². The maximum Gasteiger partial charge on any atom is 0.268 e. The zero-order chi connectivity index (χ0) is 19.9. The molecule has 1 amide bonds. The van der Waals surface area contributed by atoms with Crippen LogP contribution in [0.2, 0.25) is 0 Å². The number of hydrogen-bond donors (Lipinski definition) is 1. The first-order chi connectivity index (χ1) is 13.6. The summed E-state index contributed by atoms with van der Waals surface area (Å²) in [5.41, 5.74) is 0.936. The summed E-state index contributed by atoms with van der Waals surface area (Å²) in [4.78, 5) is 27.1. The molecule has 1 saturated heterocycles. The van der Waals surface area contributed by atoms with Gasteiger partial charge in [0.05, 0.1) is 13.3 Å². The number of pyridine rings is 1. The number of aryl methyl sites for hydroxylation is 1. The van der Waals surface area contributed by atoms with E-state index in [2.05, 4.69) is 10.2 Å². The van der Waals surface area contributed by atoms with Gasteiger partial charge in [-0.15, -0.1) is 0 Å². The molecular formula is C21H27N3O4. The minimum Gasteiger partial charge on any atom is -0.497 e. The molecule has 3 rings (SSSR count). The quantitative estimate of drug-likeness (QED) is 0.750. The SMILES string of the molecule is COc1ccc(COc2cn(C)c(C(=O)NCCN3CCCC3)cc2=O)cc1. The summed E-state index contributed by atoms with van der Waals surface area (Å²) in [7, 11) is 3.34. The van der Waals surface area contributed by atoms with Gasteiger partial charge in [0, 0.05) is 26.2 Å². The average Bonchev–Trinajstić information content (AvgIpc) is 3.22. The number of aromatic nitrogens is 1. The monoisotopic (exact) mass is 385 g/mol. The lowest BCUT2D eigenvalue weighted by atomic mass is 10.2. The number of nitrogens with one attached hydrogen (secondary N) is 1. The molecule has 7 heteroatoms. The molecule has 0 spiro atoms. The molecule has 1 N–H and O–H groups in total. The minimum absolute atomic E-state index is 0.215. The van der Waals surface area contributed by atoms with Gasteiger partial charge in [-0.25, -0.2) is 0 Å². The summed E-state index contributed by atoms with van der Waals surface area (Å²) in [5.74, 6) is 0.729. The number of ether oxygens (including phenoxy) is 2. The smallest absolute Gasteiger partial charge is 0.268 e. The number of nitrogens with zero attached hydrogens (tertiary/aromatic N) is 2. The Bertz CT molecular complexity index is 855. The number of benzene rings is 1. The van der Waals surface area contributed by atoms with Gasteiger partial charge < -0.3 is 24.3 Å². The molecule has 1 aromatic heterocycles. The highest BCUT2D eigenvalue weighted by molar-refractivity contribution is 5.92. The predicted molar refractivity (Wildman–Crippen MR) is 107 cm³/mol. The molecule has 0 bridgehead atoms. The van der Waals surface area contributed by atoms with Gasteiger partial charge in [0.1, 0.15) is 18.1 Å². The van der Waals surface area contributed by atoms with Gasteiger partial charge >= 0.3 is 0 Å². The van der Waals surface area contributed by atoms with Crippen LogP contribution in [0.15, 0.2) is 41.3 Å². The van der Waals surface area contributed by atoms with Crippen molar-refractivity contribution in [3.05, 3.63) is 58.0 Å². The molecule has 2 aromatic rings. The molecule has 0 aliphatic carbocycles. The maximum absolute atomic E-state index is 12.4. The third kappa shape index (κ3) is 5.13. The molecule has 1 fully saturated rings. The molecule has 28 heavy (non-hydrogen) atoms. The zero-order valence-corrected chi connectivity index (χ0v) is 16.4. The summed E-state index contributed by atoms with van der Waals surface area (Å²) in [5, 5.41) is 2.89. The summed E-state index contributed by atoms with van der Waals surface area (Å²) in [6, 6.07) is 8.77. The standard InChI is InChI=1S/C21H27N3O4/c1-23-14-20(28-15-16-5-7-17(27-2)8-6-16)19(25)13-18(23)21(26)22-9-12-24-10-3-4-11-24/h5-8,13-14H,3-4,9-12,15H2,1-2H3,(H,22,26). The first-order valence-electron chi connectivity index (χ1n) is 9.54. The van der Waals surface area contributed by atoms with Crippen molar-refractivity contribution >= 4 is 5.91 Å². The Balaban J connectivity index is 1.57. The van der Waals surface area contributed by atoms with Gasteiger partial charge in [0.15, 0.2) is 5.75 Å². The Kier molecular flexibility index (Phi) is 6.71. The van der Waals surface area contributed by atoms with Crippen molar-refractivity contribution in [2.24, 2.45) is 7.05 Å². The van der Waals surface area contributed by atoms with Gasteiger partial charge in [-0.3, -0.25) is 9.59 Å². The van der Waals surface area contributed by atoms with Crippen molar-refractivity contribution < 1.29 is 14.3 Å². The lowest BCUT2D eigenvalue weighted by Crippen LogP contribution is -2.35. The van der Waals surface area contributed by atoms with Crippen LogP contribution < -0.4 is 20.2 Å². The molecule has 7 nitrogen and oxygen atoms in total. The molecule has 0 radical (unpaired) electrons. The van der Waals surface area contributed by atoms with E-state index in [1.165, 1.54) is 18.9 Å². The predicted octanol–water partition coefficient (Wildman–Crippen LogP) is 1.80. The Morgan fingerprint density at radius 3 is 2.57 bits per heavy atom. The second-order valence-electron chi connectivity index (χ2n) is 6.94. The second-order valence-corrected chi connectivity index (χ2v) is 6.94. The highest BCUT2D eigenvalue weighted by Crippen LogP contribution is 2.14. The topological polar surface area (TPSA) is 72.8 Å². The van der Waals surface area contributed by atoms with Crippen molar-refractivity contribution in [3.8, 4) is 11.5 Å². The van der Waals surface area contributed by atoms with Crippen LogP contribution in [0.25, 0.3) is 0 Å². The van der Waals surface area contributed by atoms with Crippen molar-refractivity contribution in [2.75, 3.05) is 33.3 Å². The van der Waals surface area contributed by atoms with Crippen molar-refractivity contribution in [2.45, 2.75) is 19.4 Å². The fourth-order valence-corrected chi connectivity index (χ4v) is 3.25. The fourth-order valence-electron chi connectivity index (χ4n) is 3.25. The van der Waals surface area contributed by atoms with Crippen LogP contribution in [0.3, 0.4) is 0 Å². The van der Waals surface area contributed by atoms with Gasteiger partial charge in [-0.1, -0.05) is 12.1 Å². The lowest BCUT2D eigenvalue weighted by Gasteiger charge is -2.16. The number of methoxy groups -OCH3 is 1. The van der Waals surface area contributed by atoms with Gasteiger partial charge in [0.25, 0.3) is 5.91 Å². The number of rotatable bonds is 8. The van der Waals surface area contributed by atoms with Crippen LogP contribution >= 0.6 is 0 Å². The molecule has 0 saturated carbocycles. The third-order valence-electron chi connectivity index (χ3n) is 4.90. The van der Waals surface area contributed by atoms with E-state index in [0.29, 0.717) is 12.2 Å². The fraction of sp³-hybridized carbons (Fsp3) is 0.429. The maximum atomic E-state index is 12.4. The Morgan fingerprint density at radius 1 is 1.18 bits per heavy atom. The van der Waals surface area contributed by atoms with E-state index in [4.69, 9.17) is 9.47 Å². The molecule has 0 atom stereocenters. The first kappa shape index (κ1) is 19.9. The van der Waals surface area contributed by atoms with E-state index in [9.17, 15) is 9.59 Å². The number of carbonyl (C=O) groups excluding carboxylic acids is 1. The number of amides is 1. The zero-order valence-electron chi connectivity index (χ0n) is 16.4. The van der Waals surface area contributed by atoms with E-state index in [1.807, 2.05) is 24.3 Å². The number of likely N-dealkylation sites (tertiary alicyclic amines) is 1. The van der Waals surface area contributed by atoms with Crippen LogP contribution in [0.1, 0.15) is 28.9 Å². The molecule has 1 aliphatic rings. The van der Waals surface area contributed by atoms with Crippen LogP contribution in [0.5, 0.6) is 11.5 Å². The van der Waals surface area contributed by atoms with Gasteiger partial charge in [0.2, 0.25) is 5.43 Å². The van der Waals surface area contributed by atoms with E-state index >= 15 is 0 Å². The molecule has 1 aromatic carbocycles. The molecule has 1 aliphatic heterocycles. The second kappa shape index (κ2) is 9.41. The van der Waals surface area contributed by atoms with E-state index in [1.54, 1.807) is 24.9 Å². The summed E-state index contributed by atoms with van der Waals surface area (Å²) >= 11 is 0. The van der Waals surface area contributed by atoms with Crippen molar-refractivity contribution in [1.82, 2.24) is 14.8 Å². The summed E-state index contributed by atoms with van der Waals surface area (Å²) in [6.45, 7) is 3.86. The Labute approximate surface area is 164 Å². The molecule has 2 heterocycles. The molecule has 150 valence electrons. The summed E-state index contributed by atoms with van der Waals surface area (Å²) in [6.07, 6.45) is 4.00. The highest BCUT2D eigenvalue weighted by Gasteiger charge is 2.14. The van der Waals surface area contributed by atoms with Crippen LogP contribution in [-0.4, -0.2) is 48.7 Å². The normalized spacial score (nSPS) is 14.1. The van der Waals surface area contributed by atoms with E-state index in [0.717, 1.165) is 30.9 Å². The van der Waals surface area contributed by atoms with Crippen LogP contribution in [-0.2, 0) is 13.7 Å². The average molecular weight is 385 g/mol. The van der Waals surface area contributed by atoms with Crippen LogP contribution in [0.4, 0.5) is 0 Å². The lowest BCUT2D eigenvalue weighted by molar-refractivity contribution is 0.0940. The van der Waals surface area contributed by atoms with Crippen molar-refractivity contribution in [1.29, 1.82) is 0 Å². The van der Waals surface area contributed by atoms with E-state index < -0.39 is 0 Å². The molecule has 0 unspecified atom stereocenters. The largest absolute Gasteiger partial charge is 0.497 e. The summed E-state index contributed by atoms with van der Waals surface area (Å²) < 4.78 is 12.4. The number of carbonyl (C=O) groups is 1. The van der Waals surface area contributed by atoms with Crippen molar-refractivity contribution in [3.63, 3.8) is 0 Å². The van der Waals surface area contributed by atoms with Gasteiger partial charge in [-0.2, -0.15) is 0 Å². The Hall–Kier alpha value is -2.80. The third-order valence-corrected chi connectivity index (χ3v) is 4.90. The van der Waals surface area contributed by atoms with E-state index in [-0.39, 0.29) is 23.7 Å². The minimum atomic E-state index is -0.309. The first-order valence-corrected chi connectivity index (χ1v) is 9.54. The molecular weight excluding hydrogens is 358 g/mol. The highest BCUT2D eigenvalue weighted by atomic mass is 16.5.